The molecular formula is C18H22N2O5. The van der Waals surface area contributed by atoms with E-state index in [0.717, 1.165) is 6.42 Å². The number of para-hydroxylation sites is 2. The van der Waals surface area contributed by atoms with E-state index in [1.54, 1.807) is 24.0 Å². The SMILES string of the molecule is CC1Oc2ccccc2N(CCC(=O)N[C@@H]2CCC[C@@H]2C(=O)O)C1=O. The molecule has 1 aromatic rings. The van der Waals surface area contributed by atoms with Crippen molar-refractivity contribution in [2.45, 2.75) is 44.8 Å². The first-order valence-corrected chi connectivity index (χ1v) is 8.56. The van der Waals surface area contributed by atoms with E-state index < -0.39 is 18.0 Å². The summed E-state index contributed by atoms with van der Waals surface area (Å²) >= 11 is 0. The monoisotopic (exact) mass is 346 g/mol. The highest BCUT2D eigenvalue weighted by atomic mass is 16.5. The van der Waals surface area contributed by atoms with Crippen LogP contribution in [0.2, 0.25) is 0 Å². The van der Waals surface area contributed by atoms with Crippen molar-refractivity contribution < 1.29 is 24.2 Å². The topological polar surface area (TPSA) is 95.9 Å². The molecule has 1 heterocycles. The Hall–Kier alpha value is -2.57. The van der Waals surface area contributed by atoms with Crippen LogP contribution in [0.15, 0.2) is 24.3 Å². The van der Waals surface area contributed by atoms with E-state index in [1.165, 1.54) is 0 Å². The summed E-state index contributed by atoms with van der Waals surface area (Å²) in [5, 5.41) is 12.0. The van der Waals surface area contributed by atoms with Gasteiger partial charge in [-0.3, -0.25) is 14.4 Å². The molecule has 1 aliphatic heterocycles. The van der Waals surface area contributed by atoms with Gasteiger partial charge in [0.05, 0.1) is 11.6 Å². The van der Waals surface area contributed by atoms with Gasteiger partial charge >= 0.3 is 5.97 Å². The van der Waals surface area contributed by atoms with Crippen LogP contribution in [0.3, 0.4) is 0 Å². The van der Waals surface area contributed by atoms with E-state index in [4.69, 9.17) is 4.74 Å². The van der Waals surface area contributed by atoms with Crippen LogP contribution in [0.25, 0.3) is 0 Å². The smallest absolute Gasteiger partial charge is 0.308 e. The number of aliphatic carboxylic acids is 1. The first-order chi connectivity index (χ1) is 12.0. The van der Waals surface area contributed by atoms with Crippen molar-refractivity contribution in [1.82, 2.24) is 5.32 Å². The Morgan fingerprint density at radius 1 is 1.32 bits per heavy atom. The zero-order valence-electron chi connectivity index (χ0n) is 14.1. The molecule has 1 saturated carbocycles. The largest absolute Gasteiger partial charge is 0.481 e. The molecule has 134 valence electrons. The predicted octanol–water partition coefficient (Wildman–Crippen LogP) is 1.56. The molecule has 1 fully saturated rings. The second-order valence-electron chi connectivity index (χ2n) is 6.52. The number of carbonyl (C=O) groups excluding carboxylic acids is 2. The normalized spacial score (nSPS) is 25.2. The van der Waals surface area contributed by atoms with Gasteiger partial charge in [-0.05, 0) is 31.9 Å². The van der Waals surface area contributed by atoms with E-state index in [2.05, 4.69) is 5.32 Å². The molecule has 2 amide bonds. The Bertz CT molecular complexity index is 690. The van der Waals surface area contributed by atoms with Gasteiger partial charge in [0.15, 0.2) is 6.10 Å². The number of carboxylic acids is 1. The number of anilines is 1. The maximum Gasteiger partial charge on any atom is 0.308 e. The van der Waals surface area contributed by atoms with Gasteiger partial charge in [0.2, 0.25) is 5.91 Å². The lowest BCUT2D eigenvalue weighted by Crippen LogP contribution is -2.46. The Balaban J connectivity index is 1.62. The van der Waals surface area contributed by atoms with E-state index in [0.29, 0.717) is 24.3 Å². The summed E-state index contributed by atoms with van der Waals surface area (Å²) < 4.78 is 5.57. The molecule has 0 spiro atoms. The zero-order valence-corrected chi connectivity index (χ0v) is 14.1. The highest BCUT2D eigenvalue weighted by Gasteiger charge is 2.35. The van der Waals surface area contributed by atoms with E-state index in [-0.39, 0.29) is 30.8 Å². The van der Waals surface area contributed by atoms with Gasteiger partial charge < -0.3 is 20.1 Å². The van der Waals surface area contributed by atoms with E-state index in [9.17, 15) is 19.5 Å². The van der Waals surface area contributed by atoms with Crippen molar-refractivity contribution in [1.29, 1.82) is 0 Å². The molecule has 25 heavy (non-hydrogen) atoms. The van der Waals surface area contributed by atoms with Gasteiger partial charge in [-0.25, -0.2) is 0 Å². The Morgan fingerprint density at radius 2 is 2.08 bits per heavy atom. The molecule has 2 aliphatic rings. The maximum atomic E-state index is 12.4. The average Bonchev–Trinajstić information content (AvgIpc) is 3.03. The second-order valence-corrected chi connectivity index (χ2v) is 6.52. The van der Waals surface area contributed by atoms with Gasteiger partial charge in [-0.15, -0.1) is 0 Å². The van der Waals surface area contributed by atoms with Crippen LogP contribution in [-0.4, -0.2) is 41.6 Å². The first kappa shape index (κ1) is 17.3. The fourth-order valence-corrected chi connectivity index (χ4v) is 3.51. The maximum absolute atomic E-state index is 12.4. The third-order valence-corrected chi connectivity index (χ3v) is 4.82. The van der Waals surface area contributed by atoms with Crippen LogP contribution in [0, 0.1) is 5.92 Å². The number of carboxylic acid groups (broad SMARTS) is 1. The quantitative estimate of drug-likeness (QED) is 0.843. The molecule has 3 atom stereocenters. The van der Waals surface area contributed by atoms with E-state index >= 15 is 0 Å². The number of benzene rings is 1. The van der Waals surface area contributed by atoms with Crippen molar-refractivity contribution in [3.05, 3.63) is 24.3 Å². The van der Waals surface area contributed by atoms with Gasteiger partial charge in [0.1, 0.15) is 5.75 Å². The summed E-state index contributed by atoms with van der Waals surface area (Å²) in [6.45, 7) is 1.92. The molecular weight excluding hydrogens is 324 g/mol. The number of hydrogen-bond acceptors (Lipinski definition) is 4. The molecule has 0 saturated heterocycles. The number of nitrogens with one attached hydrogen (secondary N) is 1. The van der Waals surface area contributed by atoms with Crippen LogP contribution in [-0.2, 0) is 14.4 Å². The van der Waals surface area contributed by atoms with Crippen molar-refractivity contribution in [2.24, 2.45) is 5.92 Å². The lowest BCUT2D eigenvalue weighted by Gasteiger charge is -2.33. The highest BCUT2D eigenvalue weighted by molar-refractivity contribution is 6.00. The minimum absolute atomic E-state index is 0.121. The number of fused-ring (bicyclic) bond motifs is 1. The van der Waals surface area contributed by atoms with Gasteiger partial charge in [0, 0.05) is 19.0 Å². The molecule has 1 unspecified atom stereocenters. The van der Waals surface area contributed by atoms with E-state index in [1.807, 2.05) is 12.1 Å². The number of nitrogens with zero attached hydrogens (tertiary/aromatic N) is 1. The van der Waals surface area contributed by atoms with Crippen LogP contribution >= 0.6 is 0 Å². The van der Waals surface area contributed by atoms with Crippen LogP contribution in [0.4, 0.5) is 5.69 Å². The van der Waals surface area contributed by atoms with Crippen molar-refractivity contribution >= 4 is 23.5 Å². The van der Waals surface area contributed by atoms with Gasteiger partial charge in [-0.1, -0.05) is 18.6 Å². The van der Waals surface area contributed by atoms with Crippen molar-refractivity contribution in [3.8, 4) is 5.75 Å². The standard InChI is InChI=1S/C18H22N2O5/c1-11-17(22)20(14-7-2-3-8-15(14)25-11)10-9-16(21)19-13-6-4-5-12(13)18(23)24/h2-3,7-8,11-13H,4-6,9-10H2,1H3,(H,19,21)(H,23,24)/t11?,12-,13+/m0/s1. The Kier molecular flexibility index (Phi) is 4.92. The lowest BCUT2D eigenvalue weighted by molar-refractivity contribution is -0.142. The minimum Gasteiger partial charge on any atom is -0.481 e. The molecule has 2 N–H and O–H groups in total. The molecule has 1 aliphatic carbocycles. The van der Waals surface area contributed by atoms with Crippen LogP contribution in [0.1, 0.15) is 32.6 Å². The number of ether oxygens (including phenoxy) is 1. The molecule has 0 bridgehead atoms. The Morgan fingerprint density at radius 3 is 2.84 bits per heavy atom. The summed E-state index contributed by atoms with van der Waals surface area (Å²) in [7, 11) is 0. The third kappa shape index (κ3) is 3.60. The van der Waals surface area contributed by atoms with Crippen LogP contribution < -0.4 is 15.0 Å². The number of amides is 2. The molecule has 7 heteroatoms. The molecule has 0 aromatic heterocycles. The molecule has 7 nitrogen and oxygen atoms in total. The van der Waals surface area contributed by atoms with Gasteiger partial charge in [-0.2, -0.15) is 0 Å². The highest BCUT2D eigenvalue weighted by Crippen LogP contribution is 2.33. The average molecular weight is 346 g/mol. The third-order valence-electron chi connectivity index (χ3n) is 4.82. The van der Waals surface area contributed by atoms with Crippen molar-refractivity contribution in [3.63, 3.8) is 0 Å². The summed E-state index contributed by atoms with van der Waals surface area (Å²) in [6.07, 6.45) is 1.60. The molecule has 0 radical (unpaired) electrons. The predicted molar refractivity (Wildman–Crippen MR) is 90.4 cm³/mol. The summed E-state index contributed by atoms with van der Waals surface area (Å²) in [5.74, 6) is -1.18. The summed E-state index contributed by atoms with van der Waals surface area (Å²) in [5.41, 5.74) is 0.655. The molecule has 3 rings (SSSR count). The minimum atomic E-state index is -0.867. The molecule has 1 aromatic carbocycles. The fraction of sp³-hybridized carbons (Fsp3) is 0.500. The summed E-state index contributed by atoms with van der Waals surface area (Å²) in [4.78, 5) is 37.4. The second kappa shape index (κ2) is 7.13. The summed E-state index contributed by atoms with van der Waals surface area (Å²) in [6, 6.07) is 6.90. The van der Waals surface area contributed by atoms with Crippen molar-refractivity contribution in [2.75, 3.05) is 11.4 Å². The van der Waals surface area contributed by atoms with Crippen LogP contribution in [0.5, 0.6) is 5.75 Å². The number of rotatable bonds is 5. The first-order valence-electron chi connectivity index (χ1n) is 8.56. The Labute approximate surface area is 146 Å². The fourth-order valence-electron chi connectivity index (χ4n) is 3.51. The number of carbonyl (C=O) groups is 3. The van der Waals surface area contributed by atoms with Gasteiger partial charge in [0.25, 0.3) is 5.91 Å². The number of hydrogen-bond donors (Lipinski definition) is 2. The zero-order chi connectivity index (χ0) is 18.0. The lowest BCUT2D eigenvalue weighted by atomic mass is 10.0.